The summed E-state index contributed by atoms with van der Waals surface area (Å²) < 4.78 is 11.7. The molecule has 0 bridgehead atoms. The molecule has 0 radical (unpaired) electrons. The van der Waals surface area contributed by atoms with Crippen LogP contribution in [0.5, 0.6) is 0 Å². The van der Waals surface area contributed by atoms with Crippen LogP contribution < -0.4 is 0 Å². The first kappa shape index (κ1) is 17.9. The van der Waals surface area contributed by atoms with Gasteiger partial charge in [-0.3, -0.25) is 4.90 Å². The molecule has 3 atom stereocenters. The molecule has 1 aliphatic heterocycles. The fraction of sp³-hybridized carbons (Fsp3) is 0.714. The minimum Gasteiger partial charge on any atom is -0.381 e. The van der Waals surface area contributed by atoms with Crippen LogP contribution in [-0.2, 0) is 22.4 Å². The topological polar surface area (TPSA) is 21.7 Å². The van der Waals surface area contributed by atoms with Crippen molar-refractivity contribution in [1.82, 2.24) is 4.90 Å². The Kier molecular flexibility index (Phi) is 5.63. The minimum atomic E-state index is 0.0482. The van der Waals surface area contributed by atoms with Crippen LogP contribution in [0.4, 0.5) is 0 Å². The minimum absolute atomic E-state index is 0.0482. The molecule has 0 amide bonds. The standard InChI is InChI=1S/C21H33NO2/c1-16(2)13-17-5-7-18(8-6-17)15-22-12-11-21(24-4)10-9-19(23-3)14-20(21)22/h5-8,16,19-20H,9-15H2,1-4H3/t19-,20-,21+/m0/s1. The molecule has 2 fully saturated rings. The molecule has 2 aliphatic rings. The number of likely N-dealkylation sites (tertiary alicyclic amines) is 1. The van der Waals surface area contributed by atoms with Crippen LogP contribution in [0.25, 0.3) is 0 Å². The van der Waals surface area contributed by atoms with E-state index in [0.717, 1.165) is 45.2 Å². The highest BCUT2D eigenvalue weighted by Gasteiger charge is 2.50. The fourth-order valence-corrected chi connectivity index (χ4v) is 4.65. The Morgan fingerprint density at radius 1 is 1.12 bits per heavy atom. The Labute approximate surface area is 147 Å². The maximum absolute atomic E-state index is 6.03. The number of benzene rings is 1. The van der Waals surface area contributed by atoms with Gasteiger partial charge in [-0.05, 0) is 49.1 Å². The summed E-state index contributed by atoms with van der Waals surface area (Å²) in [6, 6.07) is 9.70. The average Bonchev–Trinajstić information content (AvgIpc) is 2.94. The number of ether oxygens (including phenoxy) is 2. The third-order valence-corrected chi connectivity index (χ3v) is 6.04. The predicted molar refractivity (Wildman–Crippen MR) is 98.2 cm³/mol. The highest BCUT2D eigenvalue weighted by molar-refractivity contribution is 5.23. The van der Waals surface area contributed by atoms with E-state index in [-0.39, 0.29) is 5.60 Å². The maximum Gasteiger partial charge on any atom is 0.0847 e. The van der Waals surface area contributed by atoms with E-state index in [1.807, 2.05) is 14.2 Å². The van der Waals surface area contributed by atoms with E-state index in [1.165, 1.54) is 11.1 Å². The average molecular weight is 332 g/mol. The smallest absolute Gasteiger partial charge is 0.0847 e. The first-order valence-corrected chi connectivity index (χ1v) is 9.46. The summed E-state index contributed by atoms with van der Waals surface area (Å²) in [6.45, 7) is 6.70. The largest absolute Gasteiger partial charge is 0.381 e. The number of methoxy groups -OCH3 is 2. The molecule has 134 valence electrons. The molecule has 0 aromatic heterocycles. The molecule has 0 N–H and O–H groups in total. The van der Waals surface area contributed by atoms with E-state index < -0.39 is 0 Å². The van der Waals surface area contributed by atoms with E-state index in [1.54, 1.807) is 0 Å². The molecule has 24 heavy (non-hydrogen) atoms. The normalized spacial score (nSPS) is 30.7. The summed E-state index contributed by atoms with van der Waals surface area (Å²) in [4.78, 5) is 2.62. The van der Waals surface area contributed by atoms with Crippen molar-refractivity contribution in [2.75, 3.05) is 20.8 Å². The van der Waals surface area contributed by atoms with Crippen molar-refractivity contribution in [3.63, 3.8) is 0 Å². The SMILES string of the molecule is CO[C@H]1CC[C@@]2(OC)CCN(Cc3ccc(CC(C)C)cc3)[C@H]2C1. The Hall–Kier alpha value is -0.900. The van der Waals surface area contributed by atoms with Crippen molar-refractivity contribution in [2.45, 2.75) is 70.2 Å². The lowest BCUT2D eigenvalue weighted by molar-refractivity contribution is -0.0947. The van der Waals surface area contributed by atoms with Crippen molar-refractivity contribution in [1.29, 1.82) is 0 Å². The summed E-state index contributed by atoms with van der Waals surface area (Å²) in [5, 5.41) is 0. The lowest BCUT2D eigenvalue weighted by Gasteiger charge is -2.43. The molecule has 1 aromatic rings. The van der Waals surface area contributed by atoms with Gasteiger partial charge in [0.2, 0.25) is 0 Å². The summed E-state index contributed by atoms with van der Waals surface area (Å²) in [5.41, 5.74) is 2.90. The lowest BCUT2D eigenvalue weighted by atomic mass is 9.79. The highest BCUT2D eigenvalue weighted by Crippen LogP contribution is 2.43. The fourth-order valence-electron chi connectivity index (χ4n) is 4.65. The summed E-state index contributed by atoms with van der Waals surface area (Å²) in [7, 11) is 3.74. The first-order chi connectivity index (χ1) is 11.6. The van der Waals surface area contributed by atoms with Gasteiger partial charge in [0.1, 0.15) is 0 Å². The second kappa shape index (κ2) is 7.55. The van der Waals surface area contributed by atoms with E-state index in [4.69, 9.17) is 9.47 Å². The Morgan fingerprint density at radius 2 is 1.83 bits per heavy atom. The van der Waals surface area contributed by atoms with Gasteiger partial charge in [0.15, 0.2) is 0 Å². The van der Waals surface area contributed by atoms with Crippen molar-refractivity contribution in [3.05, 3.63) is 35.4 Å². The van der Waals surface area contributed by atoms with Crippen LogP contribution in [0.2, 0.25) is 0 Å². The van der Waals surface area contributed by atoms with Crippen molar-refractivity contribution >= 4 is 0 Å². The second-order valence-corrected chi connectivity index (χ2v) is 8.05. The molecule has 3 nitrogen and oxygen atoms in total. The van der Waals surface area contributed by atoms with Crippen molar-refractivity contribution in [2.24, 2.45) is 5.92 Å². The molecular weight excluding hydrogens is 298 g/mol. The lowest BCUT2D eigenvalue weighted by Crippen LogP contribution is -2.51. The molecule has 1 saturated heterocycles. The second-order valence-electron chi connectivity index (χ2n) is 8.05. The molecular formula is C21H33NO2. The van der Waals surface area contributed by atoms with Gasteiger partial charge in [-0.1, -0.05) is 38.1 Å². The number of fused-ring (bicyclic) bond motifs is 1. The van der Waals surface area contributed by atoms with E-state index in [2.05, 4.69) is 43.0 Å². The van der Waals surface area contributed by atoms with Crippen LogP contribution in [0, 0.1) is 5.92 Å². The van der Waals surface area contributed by atoms with Gasteiger partial charge in [0, 0.05) is 33.4 Å². The van der Waals surface area contributed by atoms with Gasteiger partial charge in [0.05, 0.1) is 11.7 Å². The molecule has 1 aromatic carbocycles. The van der Waals surface area contributed by atoms with E-state index in [9.17, 15) is 0 Å². The number of hydrogen-bond donors (Lipinski definition) is 0. The van der Waals surface area contributed by atoms with Crippen LogP contribution >= 0.6 is 0 Å². The number of rotatable bonds is 6. The van der Waals surface area contributed by atoms with Gasteiger partial charge >= 0.3 is 0 Å². The highest BCUT2D eigenvalue weighted by atomic mass is 16.5. The Morgan fingerprint density at radius 3 is 2.46 bits per heavy atom. The number of nitrogens with zero attached hydrogens (tertiary/aromatic N) is 1. The maximum atomic E-state index is 6.03. The van der Waals surface area contributed by atoms with Gasteiger partial charge < -0.3 is 9.47 Å². The zero-order chi connectivity index (χ0) is 17.2. The van der Waals surface area contributed by atoms with Gasteiger partial charge in [0.25, 0.3) is 0 Å². The summed E-state index contributed by atoms with van der Waals surface area (Å²) in [5.74, 6) is 0.713. The zero-order valence-corrected chi connectivity index (χ0v) is 15.8. The quantitative estimate of drug-likeness (QED) is 0.785. The van der Waals surface area contributed by atoms with Gasteiger partial charge in [-0.25, -0.2) is 0 Å². The first-order valence-electron chi connectivity index (χ1n) is 9.46. The zero-order valence-electron chi connectivity index (χ0n) is 15.8. The molecule has 3 heteroatoms. The van der Waals surface area contributed by atoms with Crippen molar-refractivity contribution in [3.8, 4) is 0 Å². The molecule has 1 heterocycles. The molecule has 1 saturated carbocycles. The Bertz CT molecular complexity index is 527. The van der Waals surface area contributed by atoms with Gasteiger partial charge in [-0.2, -0.15) is 0 Å². The van der Waals surface area contributed by atoms with Crippen LogP contribution in [0.3, 0.4) is 0 Å². The van der Waals surface area contributed by atoms with Gasteiger partial charge in [-0.15, -0.1) is 0 Å². The summed E-state index contributed by atoms with van der Waals surface area (Å²) >= 11 is 0. The van der Waals surface area contributed by atoms with Crippen LogP contribution in [0.1, 0.15) is 50.7 Å². The van der Waals surface area contributed by atoms with Crippen LogP contribution in [-0.4, -0.2) is 43.4 Å². The number of hydrogen-bond acceptors (Lipinski definition) is 3. The van der Waals surface area contributed by atoms with E-state index >= 15 is 0 Å². The Balaban J connectivity index is 1.68. The molecule has 0 unspecified atom stereocenters. The molecule has 3 rings (SSSR count). The van der Waals surface area contributed by atoms with Crippen LogP contribution in [0.15, 0.2) is 24.3 Å². The monoisotopic (exact) mass is 331 g/mol. The molecule has 0 spiro atoms. The third kappa shape index (κ3) is 3.68. The van der Waals surface area contributed by atoms with E-state index in [0.29, 0.717) is 18.1 Å². The predicted octanol–water partition coefficient (Wildman–Crippen LogP) is 4.04. The summed E-state index contributed by atoms with van der Waals surface area (Å²) in [6.07, 6.45) is 6.03. The molecule has 1 aliphatic carbocycles. The third-order valence-electron chi connectivity index (χ3n) is 6.04. The van der Waals surface area contributed by atoms with Crippen molar-refractivity contribution < 1.29 is 9.47 Å².